The molecule has 1 atom stereocenters. The summed E-state index contributed by atoms with van der Waals surface area (Å²) in [5, 5.41) is 7.87. The molecule has 0 aromatic carbocycles. The standard InChI is InChI=1S/C15H20N4O2/c1-11(2)8-12-9-21-7-6-18(12)15(20)13-4-3-5-14-17-16-10-19(13)14/h3-5,10-12H,6-9H2,1-2H3/t12-/m0/s1. The number of aromatic nitrogens is 3. The lowest BCUT2D eigenvalue weighted by Crippen LogP contribution is -2.49. The van der Waals surface area contributed by atoms with Crippen molar-refractivity contribution < 1.29 is 9.53 Å². The molecule has 2 aromatic heterocycles. The summed E-state index contributed by atoms with van der Waals surface area (Å²) in [4.78, 5) is 14.8. The predicted octanol–water partition coefficient (Wildman–Crippen LogP) is 1.62. The van der Waals surface area contributed by atoms with Crippen LogP contribution in [-0.2, 0) is 4.74 Å². The Kier molecular flexibility index (Phi) is 3.88. The van der Waals surface area contributed by atoms with E-state index in [0.717, 1.165) is 6.42 Å². The second-order valence-corrected chi connectivity index (χ2v) is 5.83. The normalized spacial score (nSPS) is 19.4. The molecular formula is C15H20N4O2. The number of hydrogen-bond acceptors (Lipinski definition) is 4. The van der Waals surface area contributed by atoms with Crippen LogP contribution in [0.5, 0.6) is 0 Å². The fraction of sp³-hybridized carbons (Fsp3) is 0.533. The molecule has 0 aliphatic carbocycles. The molecule has 0 spiro atoms. The molecule has 1 saturated heterocycles. The Morgan fingerprint density at radius 2 is 2.33 bits per heavy atom. The largest absolute Gasteiger partial charge is 0.377 e. The summed E-state index contributed by atoms with van der Waals surface area (Å²) in [6, 6.07) is 5.64. The van der Waals surface area contributed by atoms with E-state index in [9.17, 15) is 4.79 Å². The van der Waals surface area contributed by atoms with Crippen molar-refractivity contribution in [3.8, 4) is 0 Å². The zero-order valence-electron chi connectivity index (χ0n) is 12.4. The predicted molar refractivity (Wildman–Crippen MR) is 78.1 cm³/mol. The van der Waals surface area contributed by atoms with E-state index in [4.69, 9.17) is 4.74 Å². The lowest BCUT2D eigenvalue weighted by molar-refractivity contribution is -0.00783. The molecule has 1 aliphatic rings. The summed E-state index contributed by atoms with van der Waals surface area (Å²) in [5.41, 5.74) is 1.29. The third kappa shape index (κ3) is 2.76. The first-order chi connectivity index (χ1) is 10.2. The van der Waals surface area contributed by atoms with E-state index < -0.39 is 0 Å². The maximum absolute atomic E-state index is 12.9. The van der Waals surface area contributed by atoms with Crippen LogP contribution in [0.1, 0.15) is 30.8 Å². The maximum Gasteiger partial charge on any atom is 0.271 e. The third-order valence-electron chi connectivity index (χ3n) is 3.78. The molecule has 6 nitrogen and oxygen atoms in total. The highest BCUT2D eigenvalue weighted by Crippen LogP contribution is 2.19. The van der Waals surface area contributed by atoms with Crippen LogP contribution in [0.15, 0.2) is 24.5 Å². The van der Waals surface area contributed by atoms with Gasteiger partial charge in [0, 0.05) is 6.54 Å². The second kappa shape index (κ2) is 5.81. The van der Waals surface area contributed by atoms with Gasteiger partial charge in [0.05, 0.1) is 19.3 Å². The number of pyridine rings is 1. The Labute approximate surface area is 123 Å². The average molecular weight is 288 g/mol. The monoisotopic (exact) mass is 288 g/mol. The minimum atomic E-state index is 0.0225. The summed E-state index contributed by atoms with van der Waals surface area (Å²) in [6.07, 6.45) is 2.53. The molecule has 1 fully saturated rings. The molecule has 6 heteroatoms. The molecule has 1 amide bonds. The van der Waals surface area contributed by atoms with Gasteiger partial charge in [-0.1, -0.05) is 19.9 Å². The number of morpholine rings is 1. The van der Waals surface area contributed by atoms with E-state index in [0.29, 0.717) is 37.0 Å². The summed E-state index contributed by atoms with van der Waals surface area (Å²) in [6.45, 7) is 6.17. The number of fused-ring (bicyclic) bond motifs is 1. The van der Waals surface area contributed by atoms with Gasteiger partial charge in [0.1, 0.15) is 12.0 Å². The molecule has 112 valence electrons. The van der Waals surface area contributed by atoms with Crippen molar-refractivity contribution in [3.05, 3.63) is 30.2 Å². The van der Waals surface area contributed by atoms with Gasteiger partial charge < -0.3 is 9.64 Å². The van der Waals surface area contributed by atoms with Gasteiger partial charge in [-0.2, -0.15) is 0 Å². The molecule has 0 saturated carbocycles. The number of rotatable bonds is 3. The lowest BCUT2D eigenvalue weighted by Gasteiger charge is -2.36. The maximum atomic E-state index is 12.9. The highest BCUT2D eigenvalue weighted by atomic mass is 16.5. The highest BCUT2D eigenvalue weighted by Gasteiger charge is 2.29. The van der Waals surface area contributed by atoms with Crippen LogP contribution in [0.4, 0.5) is 0 Å². The molecule has 1 aliphatic heterocycles. The van der Waals surface area contributed by atoms with Gasteiger partial charge in [0.15, 0.2) is 5.65 Å². The zero-order valence-corrected chi connectivity index (χ0v) is 12.4. The molecule has 2 aromatic rings. The first kappa shape index (κ1) is 14.0. The second-order valence-electron chi connectivity index (χ2n) is 5.83. The first-order valence-electron chi connectivity index (χ1n) is 7.34. The van der Waals surface area contributed by atoms with Crippen molar-refractivity contribution in [2.75, 3.05) is 19.8 Å². The summed E-state index contributed by atoms with van der Waals surface area (Å²) >= 11 is 0. The summed E-state index contributed by atoms with van der Waals surface area (Å²) < 4.78 is 7.29. The van der Waals surface area contributed by atoms with E-state index in [2.05, 4.69) is 24.0 Å². The van der Waals surface area contributed by atoms with E-state index >= 15 is 0 Å². The van der Waals surface area contributed by atoms with Crippen molar-refractivity contribution >= 4 is 11.6 Å². The topological polar surface area (TPSA) is 59.7 Å². The van der Waals surface area contributed by atoms with Gasteiger partial charge in [-0.15, -0.1) is 10.2 Å². The fourth-order valence-corrected chi connectivity index (χ4v) is 2.83. The molecule has 0 N–H and O–H groups in total. The number of carbonyl (C=O) groups excluding carboxylic acids is 1. The quantitative estimate of drug-likeness (QED) is 0.861. The van der Waals surface area contributed by atoms with Crippen LogP contribution in [0.3, 0.4) is 0 Å². The van der Waals surface area contributed by atoms with Crippen molar-refractivity contribution in [2.24, 2.45) is 5.92 Å². The Morgan fingerprint density at radius 3 is 3.14 bits per heavy atom. The Balaban J connectivity index is 1.90. The number of carbonyl (C=O) groups is 1. The Hall–Kier alpha value is -1.95. The SMILES string of the molecule is CC(C)C[C@H]1COCCN1C(=O)c1cccc2nncn12. The minimum Gasteiger partial charge on any atom is -0.377 e. The number of ether oxygens (including phenoxy) is 1. The zero-order chi connectivity index (χ0) is 14.8. The molecule has 21 heavy (non-hydrogen) atoms. The Morgan fingerprint density at radius 1 is 1.48 bits per heavy atom. The van der Waals surface area contributed by atoms with Crippen LogP contribution in [0.25, 0.3) is 5.65 Å². The van der Waals surface area contributed by atoms with Gasteiger partial charge in [-0.3, -0.25) is 9.20 Å². The highest BCUT2D eigenvalue weighted by molar-refractivity contribution is 5.93. The van der Waals surface area contributed by atoms with Crippen LogP contribution >= 0.6 is 0 Å². The lowest BCUT2D eigenvalue weighted by atomic mass is 10.0. The number of amides is 1. The van der Waals surface area contributed by atoms with Gasteiger partial charge in [-0.05, 0) is 24.5 Å². The number of hydrogen-bond donors (Lipinski definition) is 0. The fourth-order valence-electron chi connectivity index (χ4n) is 2.83. The summed E-state index contributed by atoms with van der Waals surface area (Å²) in [5.74, 6) is 0.548. The van der Waals surface area contributed by atoms with Crippen molar-refractivity contribution in [1.29, 1.82) is 0 Å². The van der Waals surface area contributed by atoms with Crippen molar-refractivity contribution in [1.82, 2.24) is 19.5 Å². The van der Waals surface area contributed by atoms with E-state index in [1.54, 1.807) is 10.7 Å². The molecule has 0 bridgehead atoms. The van der Waals surface area contributed by atoms with Gasteiger partial charge in [-0.25, -0.2) is 0 Å². The third-order valence-corrected chi connectivity index (χ3v) is 3.78. The van der Waals surface area contributed by atoms with Gasteiger partial charge in [0.25, 0.3) is 5.91 Å². The molecule has 0 radical (unpaired) electrons. The van der Waals surface area contributed by atoms with Gasteiger partial charge >= 0.3 is 0 Å². The van der Waals surface area contributed by atoms with Crippen LogP contribution < -0.4 is 0 Å². The van der Waals surface area contributed by atoms with E-state index in [-0.39, 0.29) is 11.9 Å². The van der Waals surface area contributed by atoms with Crippen molar-refractivity contribution in [3.63, 3.8) is 0 Å². The van der Waals surface area contributed by atoms with Gasteiger partial charge in [0.2, 0.25) is 0 Å². The molecule has 3 heterocycles. The smallest absolute Gasteiger partial charge is 0.271 e. The van der Waals surface area contributed by atoms with E-state index in [1.165, 1.54) is 0 Å². The van der Waals surface area contributed by atoms with Crippen LogP contribution in [-0.4, -0.2) is 51.2 Å². The molecule has 3 rings (SSSR count). The Bertz CT molecular complexity index is 637. The molecular weight excluding hydrogens is 268 g/mol. The van der Waals surface area contributed by atoms with Crippen molar-refractivity contribution in [2.45, 2.75) is 26.3 Å². The van der Waals surface area contributed by atoms with Crippen LogP contribution in [0, 0.1) is 5.92 Å². The summed E-state index contributed by atoms with van der Waals surface area (Å²) in [7, 11) is 0. The molecule has 0 unspecified atom stereocenters. The minimum absolute atomic E-state index is 0.0225. The number of nitrogens with zero attached hydrogens (tertiary/aromatic N) is 4. The average Bonchev–Trinajstić information content (AvgIpc) is 2.95. The van der Waals surface area contributed by atoms with Crippen LogP contribution in [0.2, 0.25) is 0 Å². The first-order valence-corrected chi connectivity index (χ1v) is 7.34. The van der Waals surface area contributed by atoms with E-state index in [1.807, 2.05) is 23.1 Å².